The lowest BCUT2D eigenvalue weighted by Crippen LogP contribution is -2.22. The highest BCUT2D eigenvalue weighted by Gasteiger charge is 2.18. The van der Waals surface area contributed by atoms with Gasteiger partial charge in [0.25, 0.3) is 0 Å². The lowest BCUT2D eigenvalue weighted by molar-refractivity contribution is -0.119. The summed E-state index contributed by atoms with van der Waals surface area (Å²) in [6.07, 6.45) is 1.16. The van der Waals surface area contributed by atoms with Crippen molar-refractivity contribution >= 4 is 11.6 Å². The van der Waals surface area contributed by atoms with Crippen molar-refractivity contribution in [2.75, 3.05) is 12.4 Å². The first-order chi connectivity index (χ1) is 13.5. The molecule has 0 aliphatic rings. The Morgan fingerprint density at radius 3 is 2.75 bits per heavy atom. The molecule has 1 atom stereocenters. The summed E-state index contributed by atoms with van der Waals surface area (Å²) in [5.74, 6) is 0.569. The van der Waals surface area contributed by atoms with Crippen molar-refractivity contribution in [1.29, 1.82) is 0 Å². The Labute approximate surface area is 163 Å². The minimum atomic E-state index is -0.436. The van der Waals surface area contributed by atoms with E-state index < -0.39 is 5.82 Å². The minimum absolute atomic E-state index is 0.157. The standard InChI is InChI=1S/C21H23FN4O2/c1-4-19-24-20(26-25-19)15-7-5-6-8-17(15)23-21(27)13(2)11-14-9-10-18(28-3)16(22)12-14/h5-10,12-13H,4,11H2,1-3H3,(H,23,27)(H,24,25,26). The van der Waals surface area contributed by atoms with Gasteiger partial charge < -0.3 is 10.1 Å². The number of methoxy groups -OCH3 is 1. The molecular weight excluding hydrogens is 359 g/mol. The maximum atomic E-state index is 13.9. The van der Waals surface area contributed by atoms with Crippen LogP contribution in [0, 0.1) is 11.7 Å². The zero-order valence-electron chi connectivity index (χ0n) is 16.1. The van der Waals surface area contributed by atoms with Gasteiger partial charge in [0.15, 0.2) is 17.4 Å². The molecule has 1 unspecified atom stereocenters. The molecule has 3 aromatic rings. The molecule has 0 fully saturated rings. The van der Waals surface area contributed by atoms with Crippen LogP contribution in [0.2, 0.25) is 0 Å². The molecular formula is C21H23FN4O2. The lowest BCUT2D eigenvalue weighted by Gasteiger charge is -2.14. The van der Waals surface area contributed by atoms with E-state index in [9.17, 15) is 9.18 Å². The van der Waals surface area contributed by atoms with E-state index in [2.05, 4.69) is 20.5 Å². The van der Waals surface area contributed by atoms with Gasteiger partial charge in [-0.2, -0.15) is 5.10 Å². The third kappa shape index (κ3) is 4.36. The SMILES string of the molecule is CCc1nc(-c2ccccc2NC(=O)C(C)Cc2ccc(OC)c(F)c2)n[nH]1. The highest BCUT2D eigenvalue weighted by Crippen LogP contribution is 2.26. The van der Waals surface area contributed by atoms with Gasteiger partial charge in [0.2, 0.25) is 5.91 Å². The number of amides is 1. The summed E-state index contributed by atoms with van der Waals surface area (Å²) >= 11 is 0. The number of rotatable bonds is 7. The molecule has 1 aromatic heterocycles. The third-order valence-corrected chi connectivity index (χ3v) is 4.50. The topological polar surface area (TPSA) is 79.9 Å². The summed E-state index contributed by atoms with van der Waals surface area (Å²) in [7, 11) is 1.42. The molecule has 0 saturated carbocycles. The Bertz CT molecular complexity index is 971. The second-order valence-electron chi connectivity index (χ2n) is 6.57. The zero-order chi connectivity index (χ0) is 20.1. The molecule has 0 aliphatic carbocycles. The van der Waals surface area contributed by atoms with Crippen LogP contribution >= 0.6 is 0 Å². The van der Waals surface area contributed by atoms with Crippen LogP contribution in [0.25, 0.3) is 11.4 Å². The fourth-order valence-corrected chi connectivity index (χ4v) is 2.90. The van der Waals surface area contributed by atoms with Gasteiger partial charge in [0.05, 0.1) is 12.8 Å². The molecule has 0 saturated heterocycles. The van der Waals surface area contributed by atoms with Gasteiger partial charge in [-0.05, 0) is 36.2 Å². The first-order valence-corrected chi connectivity index (χ1v) is 9.15. The number of aromatic nitrogens is 3. The van der Waals surface area contributed by atoms with Gasteiger partial charge >= 0.3 is 0 Å². The van der Waals surface area contributed by atoms with Crippen LogP contribution in [0.15, 0.2) is 42.5 Å². The van der Waals surface area contributed by atoms with E-state index >= 15 is 0 Å². The molecule has 3 rings (SSSR count). The van der Waals surface area contributed by atoms with E-state index in [1.165, 1.54) is 13.2 Å². The molecule has 7 heteroatoms. The summed E-state index contributed by atoms with van der Waals surface area (Å²) in [5, 5.41) is 10.1. The Morgan fingerprint density at radius 2 is 2.07 bits per heavy atom. The number of benzene rings is 2. The normalized spacial score (nSPS) is 11.9. The maximum absolute atomic E-state index is 13.9. The van der Waals surface area contributed by atoms with Crippen molar-refractivity contribution in [2.24, 2.45) is 5.92 Å². The number of ether oxygens (including phenoxy) is 1. The summed E-state index contributed by atoms with van der Waals surface area (Å²) in [5.41, 5.74) is 2.12. The highest BCUT2D eigenvalue weighted by molar-refractivity contribution is 5.96. The van der Waals surface area contributed by atoms with Crippen LogP contribution in [0.4, 0.5) is 10.1 Å². The molecule has 28 heavy (non-hydrogen) atoms. The number of para-hydroxylation sites is 1. The van der Waals surface area contributed by atoms with E-state index in [-0.39, 0.29) is 17.6 Å². The van der Waals surface area contributed by atoms with Gasteiger partial charge in [-0.15, -0.1) is 0 Å². The molecule has 2 aromatic carbocycles. The number of hydrogen-bond acceptors (Lipinski definition) is 4. The Kier molecular flexibility index (Phi) is 6.03. The number of carbonyl (C=O) groups is 1. The van der Waals surface area contributed by atoms with Gasteiger partial charge in [-0.25, -0.2) is 9.37 Å². The average molecular weight is 382 g/mol. The summed E-state index contributed by atoms with van der Waals surface area (Å²) in [6, 6.07) is 12.1. The number of halogens is 1. The van der Waals surface area contributed by atoms with Crippen LogP contribution in [-0.4, -0.2) is 28.2 Å². The van der Waals surface area contributed by atoms with Crippen molar-refractivity contribution in [3.05, 3.63) is 59.7 Å². The number of aromatic amines is 1. The predicted octanol–water partition coefficient (Wildman–Crippen LogP) is 4.00. The zero-order valence-corrected chi connectivity index (χ0v) is 16.1. The third-order valence-electron chi connectivity index (χ3n) is 4.50. The Balaban J connectivity index is 1.73. The van der Waals surface area contributed by atoms with Gasteiger partial charge in [-0.1, -0.05) is 32.0 Å². The Hall–Kier alpha value is -3.22. The summed E-state index contributed by atoms with van der Waals surface area (Å²) < 4.78 is 18.8. The average Bonchev–Trinajstić information content (AvgIpc) is 3.17. The molecule has 0 aliphatic heterocycles. The van der Waals surface area contributed by atoms with Crippen LogP contribution in [0.3, 0.4) is 0 Å². The quantitative estimate of drug-likeness (QED) is 0.647. The molecule has 0 radical (unpaired) electrons. The molecule has 2 N–H and O–H groups in total. The van der Waals surface area contributed by atoms with Gasteiger partial charge in [0, 0.05) is 17.9 Å². The monoisotopic (exact) mass is 382 g/mol. The second kappa shape index (κ2) is 8.65. The number of nitrogens with one attached hydrogen (secondary N) is 2. The Morgan fingerprint density at radius 1 is 1.29 bits per heavy atom. The number of H-pyrrole nitrogens is 1. The van der Waals surface area contributed by atoms with Crippen molar-refractivity contribution in [3.8, 4) is 17.1 Å². The number of hydrogen-bond donors (Lipinski definition) is 2. The predicted molar refractivity (Wildman–Crippen MR) is 106 cm³/mol. The smallest absolute Gasteiger partial charge is 0.227 e. The largest absolute Gasteiger partial charge is 0.494 e. The molecule has 6 nitrogen and oxygen atoms in total. The van der Waals surface area contributed by atoms with E-state index in [0.29, 0.717) is 17.9 Å². The lowest BCUT2D eigenvalue weighted by atomic mass is 9.99. The van der Waals surface area contributed by atoms with Crippen LogP contribution in [-0.2, 0) is 17.6 Å². The van der Waals surface area contributed by atoms with E-state index in [0.717, 1.165) is 23.4 Å². The van der Waals surface area contributed by atoms with Crippen LogP contribution in [0.1, 0.15) is 25.2 Å². The molecule has 0 bridgehead atoms. The van der Waals surface area contributed by atoms with E-state index in [1.54, 1.807) is 12.1 Å². The molecule has 1 amide bonds. The van der Waals surface area contributed by atoms with Gasteiger partial charge in [0.1, 0.15) is 5.82 Å². The molecule has 0 spiro atoms. The molecule has 146 valence electrons. The van der Waals surface area contributed by atoms with Crippen LogP contribution in [0.5, 0.6) is 5.75 Å². The number of anilines is 1. The van der Waals surface area contributed by atoms with E-state index in [1.807, 2.05) is 38.1 Å². The van der Waals surface area contributed by atoms with Crippen LogP contribution < -0.4 is 10.1 Å². The minimum Gasteiger partial charge on any atom is -0.494 e. The van der Waals surface area contributed by atoms with Crippen molar-refractivity contribution in [1.82, 2.24) is 15.2 Å². The number of carbonyl (C=O) groups excluding carboxylic acids is 1. The second-order valence-corrected chi connectivity index (χ2v) is 6.57. The molecule has 1 heterocycles. The first-order valence-electron chi connectivity index (χ1n) is 9.15. The highest BCUT2D eigenvalue weighted by atomic mass is 19.1. The summed E-state index contributed by atoms with van der Waals surface area (Å²) in [4.78, 5) is 17.1. The number of aryl methyl sites for hydroxylation is 1. The van der Waals surface area contributed by atoms with Crippen molar-refractivity contribution < 1.29 is 13.9 Å². The van der Waals surface area contributed by atoms with Gasteiger partial charge in [-0.3, -0.25) is 9.89 Å². The van der Waals surface area contributed by atoms with Crippen molar-refractivity contribution in [3.63, 3.8) is 0 Å². The van der Waals surface area contributed by atoms with Crippen molar-refractivity contribution in [2.45, 2.75) is 26.7 Å². The first kappa shape index (κ1) is 19.5. The fraction of sp³-hybridized carbons (Fsp3) is 0.286. The maximum Gasteiger partial charge on any atom is 0.227 e. The fourth-order valence-electron chi connectivity index (χ4n) is 2.90. The van der Waals surface area contributed by atoms with E-state index in [4.69, 9.17) is 4.74 Å². The number of nitrogens with zero attached hydrogens (tertiary/aromatic N) is 2. The summed E-state index contributed by atoms with van der Waals surface area (Å²) in [6.45, 7) is 3.80.